The summed E-state index contributed by atoms with van der Waals surface area (Å²) < 4.78 is 0. The Morgan fingerprint density at radius 2 is 0.870 bits per heavy atom. The van der Waals surface area contributed by atoms with Crippen LogP contribution in [0.2, 0.25) is 0 Å². The van der Waals surface area contributed by atoms with Gasteiger partial charge in [0.2, 0.25) is 0 Å². The first-order valence-electron chi connectivity index (χ1n) is 24.0. The number of hydrogen-bond acceptors (Lipinski definition) is 2. The molecule has 0 fully saturated rings. The van der Waals surface area contributed by atoms with Gasteiger partial charge in [-0.3, -0.25) is 0 Å². The Labute approximate surface area is 403 Å². The second-order valence-electron chi connectivity index (χ2n) is 18.5. The molecule has 1 heterocycles. The maximum atomic E-state index is 2.49. The van der Waals surface area contributed by atoms with Gasteiger partial charge in [0.05, 0.1) is 0 Å². The molecule has 2 heteroatoms. The number of para-hydroxylation sites is 4. The molecule has 0 saturated heterocycles. The molecule has 12 aromatic carbocycles. The van der Waals surface area contributed by atoms with Crippen LogP contribution >= 0.6 is 0 Å². The highest BCUT2D eigenvalue weighted by molar-refractivity contribution is 6.26. The SMILES string of the molecule is Cc1ccccc1N(c1ccc2c(-c3cccc4ccccc34)c3cc(N4c5ccccc5Cc5ccccc54)ccc3c(-c3cc4ccccc4cc3-c3ccccc3)c2c1)c1ccccc1C. The van der Waals surface area contributed by atoms with E-state index in [0.29, 0.717) is 0 Å². The number of fused-ring (bicyclic) bond motifs is 6. The summed E-state index contributed by atoms with van der Waals surface area (Å²) in [5.74, 6) is 0. The molecule has 0 radical (unpaired) electrons. The fourth-order valence-electron chi connectivity index (χ4n) is 11.2. The zero-order valence-corrected chi connectivity index (χ0v) is 38.7. The predicted molar refractivity (Wildman–Crippen MR) is 294 cm³/mol. The van der Waals surface area contributed by atoms with Crippen molar-refractivity contribution in [2.45, 2.75) is 20.3 Å². The maximum absolute atomic E-state index is 2.49. The lowest BCUT2D eigenvalue weighted by Gasteiger charge is -2.34. The Bertz CT molecular complexity index is 3880. The topological polar surface area (TPSA) is 6.48 Å². The molecule has 0 atom stereocenters. The molecule has 12 aromatic rings. The van der Waals surface area contributed by atoms with Crippen molar-refractivity contribution >= 4 is 77.2 Å². The summed E-state index contributed by atoms with van der Waals surface area (Å²) in [7, 11) is 0. The molecule has 1 aliphatic rings. The number of nitrogens with zero attached hydrogens (tertiary/aromatic N) is 2. The lowest BCUT2D eigenvalue weighted by Crippen LogP contribution is -2.18. The van der Waals surface area contributed by atoms with Crippen LogP contribution in [0.4, 0.5) is 34.1 Å². The van der Waals surface area contributed by atoms with Crippen molar-refractivity contribution in [2.75, 3.05) is 9.80 Å². The molecule has 69 heavy (non-hydrogen) atoms. The third kappa shape index (κ3) is 6.79. The summed E-state index contributed by atoms with van der Waals surface area (Å²) in [6, 6.07) is 90.2. The van der Waals surface area contributed by atoms with Crippen LogP contribution in [0.1, 0.15) is 22.3 Å². The van der Waals surface area contributed by atoms with Gasteiger partial charge in [-0.1, -0.05) is 182 Å². The molecule has 0 unspecified atom stereocenters. The van der Waals surface area contributed by atoms with Gasteiger partial charge in [0, 0.05) is 40.5 Å². The van der Waals surface area contributed by atoms with Crippen LogP contribution in [0.25, 0.3) is 76.5 Å². The summed E-state index contributed by atoms with van der Waals surface area (Å²) in [6.45, 7) is 4.44. The van der Waals surface area contributed by atoms with Gasteiger partial charge in [0.15, 0.2) is 0 Å². The molecule has 1 aliphatic heterocycles. The van der Waals surface area contributed by atoms with Gasteiger partial charge in [-0.25, -0.2) is 0 Å². The van der Waals surface area contributed by atoms with Crippen LogP contribution in [0.5, 0.6) is 0 Å². The van der Waals surface area contributed by atoms with Gasteiger partial charge < -0.3 is 9.80 Å². The Hall–Kier alpha value is -8.72. The number of aryl methyl sites for hydroxylation is 2. The van der Waals surface area contributed by atoms with E-state index in [0.717, 1.165) is 29.2 Å². The van der Waals surface area contributed by atoms with Crippen molar-refractivity contribution in [3.8, 4) is 33.4 Å². The van der Waals surface area contributed by atoms with Crippen molar-refractivity contribution in [1.29, 1.82) is 0 Å². The number of rotatable bonds is 7. The average Bonchev–Trinajstić information content (AvgIpc) is 3.40. The summed E-state index contributed by atoms with van der Waals surface area (Å²) in [6.07, 6.45) is 0.904. The molecule has 0 spiro atoms. The van der Waals surface area contributed by atoms with E-state index in [-0.39, 0.29) is 0 Å². The Morgan fingerprint density at radius 1 is 0.348 bits per heavy atom. The fraction of sp³-hybridized carbons (Fsp3) is 0.0448. The minimum absolute atomic E-state index is 0.904. The second-order valence-corrected chi connectivity index (χ2v) is 18.5. The van der Waals surface area contributed by atoms with Crippen LogP contribution in [0, 0.1) is 13.8 Å². The third-order valence-corrected chi connectivity index (χ3v) is 14.5. The number of benzene rings is 12. The zero-order valence-electron chi connectivity index (χ0n) is 38.7. The van der Waals surface area contributed by atoms with E-state index in [2.05, 4.69) is 266 Å². The maximum Gasteiger partial charge on any atom is 0.0497 e. The monoisotopic (exact) mass is 880 g/mol. The van der Waals surface area contributed by atoms with Crippen molar-refractivity contribution < 1.29 is 0 Å². The van der Waals surface area contributed by atoms with Gasteiger partial charge in [0.25, 0.3) is 0 Å². The second kappa shape index (κ2) is 16.6. The standard InChI is InChI=1S/C67H48N2/c1-44-19-6-14-31-62(44)68(63-32-15-7-20-45(63)2)52-35-37-56-61(42-52)67(59-41-49-25-9-8-24-48(49)40-58(59)47-21-4-3-5-22-47)57-38-36-53(43-60(57)66(56)55-30-18-28-46-23-10-13-29-54(46)55)69-64-33-16-11-26-50(64)39-51-27-12-17-34-65(51)69/h3-38,40-43H,39H2,1-2H3. The summed E-state index contributed by atoms with van der Waals surface area (Å²) >= 11 is 0. The van der Waals surface area contributed by atoms with Gasteiger partial charge in [-0.2, -0.15) is 0 Å². The van der Waals surface area contributed by atoms with Gasteiger partial charge in [0.1, 0.15) is 0 Å². The fourth-order valence-corrected chi connectivity index (χ4v) is 11.2. The molecular weight excluding hydrogens is 833 g/mol. The van der Waals surface area contributed by atoms with E-state index in [4.69, 9.17) is 0 Å². The van der Waals surface area contributed by atoms with Crippen molar-refractivity contribution in [1.82, 2.24) is 0 Å². The first-order valence-corrected chi connectivity index (χ1v) is 24.0. The zero-order chi connectivity index (χ0) is 46.0. The van der Waals surface area contributed by atoms with Crippen LogP contribution < -0.4 is 9.80 Å². The molecule has 0 N–H and O–H groups in total. The highest BCUT2D eigenvalue weighted by Gasteiger charge is 2.27. The molecule has 2 nitrogen and oxygen atoms in total. The van der Waals surface area contributed by atoms with Crippen LogP contribution in [-0.2, 0) is 6.42 Å². The van der Waals surface area contributed by atoms with Crippen molar-refractivity contribution in [2.24, 2.45) is 0 Å². The Morgan fingerprint density at radius 3 is 1.55 bits per heavy atom. The van der Waals surface area contributed by atoms with E-state index < -0.39 is 0 Å². The highest BCUT2D eigenvalue weighted by atomic mass is 15.2. The molecule has 0 bridgehead atoms. The van der Waals surface area contributed by atoms with Gasteiger partial charge in [-0.15, -0.1) is 0 Å². The van der Waals surface area contributed by atoms with Crippen LogP contribution in [0.3, 0.4) is 0 Å². The Balaban J connectivity index is 1.21. The molecule has 0 amide bonds. The summed E-state index contributed by atoms with van der Waals surface area (Å²) in [4.78, 5) is 4.95. The predicted octanol–water partition coefficient (Wildman–Crippen LogP) is 18.8. The third-order valence-electron chi connectivity index (χ3n) is 14.5. The quantitative estimate of drug-likeness (QED) is 0.147. The van der Waals surface area contributed by atoms with Gasteiger partial charge >= 0.3 is 0 Å². The van der Waals surface area contributed by atoms with Gasteiger partial charge in [-0.05, 0) is 173 Å². The molecule has 0 saturated carbocycles. The molecule has 0 aromatic heterocycles. The van der Waals surface area contributed by atoms with Crippen molar-refractivity contribution in [3.05, 3.63) is 265 Å². The molecule has 13 rings (SSSR count). The van der Waals surface area contributed by atoms with Crippen LogP contribution in [0.15, 0.2) is 243 Å². The van der Waals surface area contributed by atoms with E-state index in [9.17, 15) is 0 Å². The summed E-state index contributed by atoms with van der Waals surface area (Å²) in [5.41, 5.74) is 19.4. The number of anilines is 6. The van der Waals surface area contributed by atoms with E-state index in [1.165, 1.54) is 110 Å². The molecular formula is C67H48N2. The van der Waals surface area contributed by atoms with Crippen LogP contribution in [-0.4, -0.2) is 0 Å². The first-order chi connectivity index (χ1) is 34.1. The lowest BCUT2D eigenvalue weighted by atomic mass is 9.81. The Kier molecular flexibility index (Phi) is 9.73. The highest BCUT2D eigenvalue weighted by Crippen LogP contribution is 2.52. The lowest BCUT2D eigenvalue weighted by molar-refractivity contribution is 1.09. The molecule has 0 aliphatic carbocycles. The average molecular weight is 881 g/mol. The molecule has 326 valence electrons. The van der Waals surface area contributed by atoms with Crippen molar-refractivity contribution in [3.63, 3.8) is 0 Å². The number of hydrogen-bond donors (Lipinski definition) is 0. The normalized spacial score (nSPS) is 12.1. The summed E-state index contributed by atoms with van der Waals surface area (Å²) in [5, 5.41) is 9.70. The van der Waals surface area contributed by atoms with E-state index in [1.54, 1.807) is 0 Å². The minimum atomic E-state index is 0.904. The van der Waals surface area contributed by atoms with E-state index >= 15 is 0 Å². The van der Waals surface area contributed by atoms with E-state index in [1.807, 2.05) is 0 Å². The first kappa shape index (κ1) is 40.5. The smallest absolute Gasteiger partial charge is 0.0497 e. The largest absolute Gasteiger partial charge is 0.310 e. The minimum Gasteiger partial charge on any atom is -0.310 e.